The summed E-state index contributed by atoms with van der Waals surface area (Å²) in [6.45, 7) is 8.63. The smallest absolute Gasteiger partial charge is 0.154 e. The van der Waals surface area contributed by atoms with Crippen LogP contribution >= 0.6 is 0 Å². The Morgan fingerprint density at radius 2 is 1.73 bits per heavy atom. The molecule has 0 aliphatic rings. The van der Waals surface area contributed by atoms with Crippen molar-refractivity contribution >= 4 is 9.84 Å². The number of hydrogen-bond donors (Lipinski definition) is 1. The first-order valence-electron chi connectivity index (χ1n) is 5.98. The van der Waals surface area contributed by atoms with Gasteiger partial charge in [-0.15, -0.1) is 0 Å². The second-order valence-corrected chi connectivity index (χ2v) is 6.36. The Bertz CT molecular complexity index is 243. The van der Waals surface area contributed by atoms with Crippen molar-refractivity contribution in [3.63, 3.8) is 0 Å². The molecule has 15 heavy (non-hydrogen) atoms. The predicted molar refractivity (Wildman–Crippen MR) is 65.9 cm³/mol. The number of hydrogen-bond acceptors (Lipinski definition) is 3. The maximum atomic E-state index is 11.9. The molecular formula is C11H25NO2S. The molecule has 0 radical (unpaired) electrons. The minimum absolute atomic E-state index is 0.120. The number of nitrogens with one attached hydrogen (secondary N) is 1. The summed E-state index contributed by atoms with van der Waals surface area (Å²) in [5.74, 6) is 0.247. The number of sulfone groups is 1. The van der Waals surface area contributed by atoms with Gasteiger partial charge in [0.15, 0.2) is 9.84 Å². The van der Waals surface area contributed by atoms with Crippen LogP contribution in [0.3, 0.4) is 0 Å². The maximum Gasteiger partial charge on any atom is 0.154 e. The van der Waals surface area contributed by atoms with Crippen LogP contribution in [0.25, 0.3) is 0 Å². The van der Waals surface area contributed by atoms with Gasteiger partial charge in [-0.2, -0.15) is 0 Å². The molecule has 0 aromatic rings. The standard InChI is InChI=1S/C11H25NO2S/c1-5-9-10(12-7-3)11(6-2)15(13,14)8-4/h10-12H,5-9H2,1-4H3. The second kappa shape index (κ2) is 7.23. The van der Waals surface area contributed by atoms with Gasteiger partial charge in [-0.25, -0.2) is 8.42 Å². The predicted octanol–water partition coefficient (Wildman–Crippen LogP) is 1.98. The minimum atomic E-state index is -2.92. The summed E-state index contributed by atoms with van der Waals surface area (Å²) in [7, 11) is -2.92. The minimum Gasteiger partial charge on any atom is -0.313 e. The molecule has 92 valence electrons. The molecule has 4 heteroatoms. The summed E-state index contributed by atoms with van der Waals surface area (Å²) in [5.41, 5.74) is 0. The molecule has 0 bridgehead atoms. The Morgan fingerprint density at radius 1 is 1.13 bits per heavy atom. The van der Waals surface area contributed by atoms with E-state index in [2.05, 4.69) is 12.2 Å². The second-order valence-electron chi connectivity index (χ2n) is 3.85. The topological polar surface area (TPSA) is 46.2 Å². The van der Waals surface area contributed by atoms with E-state index in [1.165, 1.54) is 0 Å². The SMILES string of the molecule is CCCC(NCC)C(CC)S(=O)(=O)CC. The van der Waals surface area contributed by atoms with E-state index in [0.717, 1.165) is 19.4 Å². The Balaban J connectivity index is 4.72. The lowest BCUT2D eigenvalue weighted by Crippen LogP contribution is -2.44. The first-order valence-corrected chi connectivity index (χ1v) is 7.69. The first kappa shape index (κ1) is 14.9. The molecule has 0 aliphatic carbocycles. The van der Waals surface area contributed by atoms with Gasteiger partial charge in [-0.3, -0.25) is 0 Å². The third-order valence-electron chi connectivity index (χ3n) is 2.78. The molecular weight excluding hydrogens is 210 g/mol. The Kier molecular flexibility index (Phi) is 7.18. The quantitative estimate of drug-likeness (QED) is 0.700. The van der Waals surface area contributed by atoms with E-state index >= 15 is 0 Å². The van der Waals surface area contributed by atoms with Crippen molar-refractivity contribution in [1.29, 1.82) is 0 Å². The highest BCUT2D eigenvalue weighted by atomic mass is 32.2. The van der Waals surface area contributed by atoms with E-state index in [-0.39, 0.29) is 17.0 Å². The van der Waals surface area contributed by atoms with Crippen LogP contribution < -0.4 is 5.32 Å². The lowest BCUT2D eigenvalue weighted by atomic mass is 10.1. The van der Waals surface area contributed by atoms with E-state index in [0.29, 0.717) is 6.42 Å². The highest BCUT2D eigenvalue weighted by Gasteiger charge is 2.29. The summed E-state index contributed by atoms with van der Waals surface area (Å²) in [6, 6.07) is 0.120. The van der Waals surface area contributed by atoms with E-state index in [1.54, 1.807) is 6.92 Å². The highest BCUT2D eigenvalue weighted by molar-refractivity contribution is 7.92. The normalized spacial score (nSPS) is 16.3. The highest BCUT2D eigenvalue weighted by Crippen LogP contribution is 2.15. The summed E-state index contributed by atoms with van der Waals surface area (Å²) >= 11 is 0. The zero-order chi connectivity index (χ0) is 11.9. The largest absolute Gasteiger partial charge is 0.313 e. The Hall–Kier alpha value is -0.0900. The van der Waals surface area contributed by atoms with Crippen LogP contribution in [0.15, 0.2) is 0 Å². The lowest BCUT2D eigenvalue weighted by Gasteiger charge is -2.26. The summed E-state index contributed by atoms with van der Waals surface area (Å²) in [6.07, 6.45) is 2.66. The van der Waals surface area contributed by atoms with Gasteiger partial charge in [-0.05, 0) is 19.4 Å². The van der Waals surface area contributed by atoms with E-state index in [4.69, 9.17) is 0 Å². The maximum absolute atomic E-state index is 11.9. The fraction of sp³-hybridized carbons (Fsp3) is 1.00. The van der Waals surface area contributed by atoms with Gasteiger partial charge in [0.2, 0.25) is 0 Å². The molecule has 3 nitrogen and oxygen atoms in total. The fourth-order valence-electron chi connectivity index (χ4n) is 2.00. The van der Waals surface area contributed by atoms with Crippen LogP contribution in [0, 0.1) is 0 Å². The fourth-order valence-corrected chi connectivity index (χ4v) is 3.66. The van der Waals surface area contributed by atoms with Gasteiger partial charge >= 0.3 is 0 Å². The van der Waals surface area contributed by atoms with Crippen LogP contribution in [0.1, 0.15) is 47.0 Å². The van der Waals surface area contributed by atoms with Crippen LogP contribution in [-0.4, -0.2) is 32.0 Å². The zero-order valence-corrected chi connectivity index (χ0v) is 11.2. The molecule has 0 saturated carbocycles. The van der Waals surface area contributed by atoms with Crippen molar-refractivity contribution in [3.05, 3.63) is 0 Å². The van der Waals surface area contributed by atoms with Crippen molar-refractivity contribution in [1.82, 2.24) is 5.32 Å². The van der Waals surface area contributed by atoms with E-state index in [1.807, 2.05) is 13.8 Å². The third-order valence-corrected chi connectivity index (χ3v) is 5.17. The van der Waals surface area contributed by atoms with Gasteiger partial charge in [0, 0.05) is 11.8 Å². The molecule has 0 saturated heterocycles. The molecule has 1 N–H and O–H groups in total. The Morgan fingerprint density at radius 3 is 2.07 bits per heavy atom. The molecule has 0 aliphatic heterocycles. The van der Waals surface area contributed by atoms with Gasteiger partial charge in [-0.1, -0.05) is 34.1 Å². The number of rotatable bonds is 8. The molecule has 0 aromatic carbocycles. The molecule has 0 spiro atoms. The molecule has 0 heterocycles. The summed E-state index contributed by atoms with van der Waals surface area (Å²) < 4.78 is 23.8. The van der Waals surface area contributed by atoms with Crippen molar-refractivity contribution < 1.29 is 8.42 Å². The van der Waals surface area contributed by atoms with Crippen LogP contribution in [0.5, 0.6) is 0 Å². The lowest BCUT2D eigenvalue weighted by molar-refractivity contribution is 0.445. The van der Waals surface area contributed by atoms with Crippen LogP contribution in [-0.2, 0) is 9.84 Å². The Labute approximate surface area is 94.6 Å². The summed E-state index contributed by atoms with van der Waals surface area (Å²) in [4.78, 5) is 0. The third kappa shape index (κ3) is 4.51. The average molecular weight is 235 g/mol. The van der Waals surface area contributed by atoms with Crippen LogP contribution in [0.2, 0.25) is 0 Å². The first-order chi connectivity index (χ1) is 7.03. The van der Waals surface area contributed by atoms with Gasteiger partial charge in [0.05, 0.1) is 5.25 Å². The van der Waals surface area contributed by atoms with Crippen molar-refractivity contribution in [2.45, 2.75) is 58.2 Å². The summed E-state index contributed by atoms with van der Waals surface area (Å²) in [5, 5.41) is 3.08. The van der Waals surface area contributed by atoms with E-state index in [9.17, 15) is 8.42 Å². The van der Waals surface area contributed by atoms with Crippen molar-refractivity contribution in [3.8, 4) is 0 Å². The van der Waals surface area contributed by atoms with Gasteiger partial charge < -0.3 is 5.32 Å². The van der Waals surface area contributed by atoms with Crippen molar-refractivity contribution in [2.24, 2.45) is 0 Å². The average Bonchev–Trinajstić information content (AvgIpc) is 2.19. The zero-order valence-electron chi connectivity index (χ0n) is 10.4. The van der Waals surface area contributed by atoms with Gasteiger partial charge in [0.1, 0.15) is 0 Å². The molecule has 0 rings (SSSR count). The van der Waals surface area contributed by atoms with Gasteiger partial charge in [0.25, 0.3) is 0 Å². The van der Waals surface area contributed by atoms with E-state index < -0.39 is 9.84 Å². The molecule has 0 aromatic heterocycles. The molecule has 0 fully saturated rings. The molecule has 2 unspecified atom stereocenters. The monoisotopic (exact) mass is 235 g/mol. The van der Waals surface area contributed by atoms with Crippen LogP contribution in [0.4, 0.5) is 0 Å². The molecule has 0 amide bonds. The molecule has 2 atom stereocenters. The van der Waals surface area contributed by atoms with Crippen molar-refractivity contribution in [2.75, 3.05) is 12.3 Å².